The van der Waals surface area contributed by atoms with E-state index in [1.165, 1.54) is 19.2 Å². The zero-order chi connectivity index (χ0) is 10.7. The molecular weight excluding hydrogens is 183 g/mol. The molecule has 0 aliphatic heterocycles. The standard InChI is InChI=1S/C11H13FO2/c1-7-4-5-9(12)6-10(7)8(2)11(13)14-3/h4-6,8H,1-3H3. The van der Waals surface area contributed by atoms with Crippen molar-refractivity contribution < 1.29 is 13.9 Å². The highest BCUT2D eigenvalue weighted by Crippen LogP contribution is 2.21. The number of hydrogen-bond donors (Lipinski definition) is 0. The molecule has 0 radical (unpaired) electrons. The van der Waals surface area contributed by atoms with E-state index in [1.807, 2.05) is 6.92 Å². The lowest BCUT2D eigenvalue weighted by atomic mass is 9.96. The van der Waals surface area contributed by atoms with E-state index in [0.29, 0.717) is 5.56 Å². The van der Waals surface area contributed by atoms with Gasteiger partial charge in [-0.2, -0.15) is 0 Å². The Labute approximate surface area is 82.7 Å². The summed E-state index contributed by atoms with van der Waals surface area (Å²) >= 11 is 0. The van der Waals surface area contributed by atoms with Crippen LogP contribution in [-0.2, 0) is 9.53 Å². The topological polar surface area (TPSA) is 26.3 Å². The molecule has 1 atom stereocenters. The third-order valence-electron chi connectivity index (χ3n) is 2.26. The quantitative estimate of drug-likeness (QED) is 0.679. The molecule has 0 fully saturated rings. The van der Waals surface area contributed by atoms with Crippen molar-refractivity contribution in [2.24, 2.45) is 0 Å². The summed E-state index contributed by atoms with van der Waals surface area (Å²) in [6, 6.07) is 4.41. The second kappa shape index (κ2) is 4.22. The molecule has 0 heterocycles. The van der Waals surface area contributed by atoms with Crippen LogP contribution < -0.4 is 0 Å². The molecule has 1 rings (SSSR count). The number of methoxy groups -OCH3 is 1. The normalized spacial score (nSPS) is 12.3. The monoisotopic (exact) mass is 196 g/mol. The van der Waals surface area contributed by atoms with E-state index in [-0.39, 0.29) is 11.8 Å². The van der Waals surface area contributed by atoms with Gasteiger partial charge < -0.3 is 4.74 Å². The minimum Gasteiger partial charge on any atom is -0.469 e. The molecule has 0 aliphatic rings. The summed E-state index contributed by atoms with van der Waals surface area (Å²) < 4.78 is 17.5. The summed E-state index contributed by atoms with van der Waals surface area (Å²) in [5.74, 6) is -1.10. The lowest BCUT2D eigenvalue weighted by molar-refractivity contribution is -0.142. The van der Waals surface area contributed by atoms with Crippen LogP contribution in [0.5, 0.6) is 0 Å². The average molecular weight is 196 g/mol. The Bertz CT molecular complexity index is 347. The second-order valence-electron chi connectivity index (χ2n) is 3.25. The largest absolute Gasteiger partial charge is 0.469 e. The Morgan fingerprint density at radius 2 is 2.14 bits per heavy atom. The van der Waals surface area contributed by atoms with Gasteiger partial charge >= 0.3 is 5.97 Å². The van der Waals surface area contributed by atoms with E-state index in [9.17, 15) is 9.18 Å². The number of carbonyl (C=O) groups is 1. The van der Waals surface area contributed by atoms with Gasteiger partial charge in [-0.15, -0.1) is 0 Å². The summed E-state index contributed by atoms with van der Waals surface area (Å²) in [6.45, 7) is 3.54. The van der Waals surface area contributed by atoms with Crippen LogP contribution in [0, 0.1) is 12.7 Å². The Morgan fingerprint density at radius 1 is 1.50 bits per heavy atom. The van der Waals surface area contributed by atoms with Crippen molar-refractivity contribution in [1.82, 2.24) is 0 Å². The molecule has 14 heavy (non-hydrogen) atoms. The van der Waals surface area contributed by atoms with E-state index >= 15 is 0 Å². The van der Waals surface area contributed by atoms with Crippen molar-refractivity contribution in [3.63, 3.8) is 0 Å². The molecule has 0 aliphatic carbocycles. The maximum absolute atomic E-state index is 12.9. The Kier molecular flexibility index (Phi) is 3.23. The molecule has 0 bridgehead atoms. The van der Waals surface area contributed by atoms with Crippen LogP contribution in [0.25, 0.3) is 0 Å². The minimum atomic E-state index is -0.421. The summed E-state index contributed by atoms with van der Waals surface area (Å²) in [4.78, 5) is 11.2. The molecular formula is C11H13FO2. The van der Waals surface area contributed by atoms with Gasteiger partial charge in [0.25, 0.3) is 0 Å². The van der Waals surface area contributed by atoms with Crippen molar-refractivity contribution in [3.8, 4) is 0 Å². The molecule has 0 N–H and O–H groups in total. The van der Waals surface area contributed by atoms with Gasteiger partial charge in [0.1, 0.15) is 5.82 Å². The Balaban J connectivity index is 3.05. The Hall–Kier alpha value is -1.38. The summed E-state index contributed by atoms with van der Waals surface area (Å²) in [5.41, 5.74) is 1.57. The zero-order valence-electron chi connectivity index (χ0n) is 8.50. The average Bonchev–Trinajstić information content (AvgIpc) is 2.19. The van der Waals surface area contributed by atoms with Crippen molar-refractivity contribution in [2.75, 3.05) is 7.11 Å². The summed E-state index contributed by atoms with van der Waals surface area (Å²) in [5, 5.41) is 0. The van der Waals surface area contributed by atoms with Gasteiger partial charge in [-0.3, -0.25) is 4.79 Å². The smallest absolute Gasteiger partial charge is 0.312 e. The first-order valence-corrected chi connectivity index (χ1v) is 4.40. The van der Waals surface area contributed by atoms with E-state index in [1.54, 1.807) is 13.0 Å². The number of esters is 1. The molecule has 1 aromatic carbocycles. The van der Waals surface area contributed by atoms with Crippen molar-refractivity contribution in [1.29, 1.82) is 0 Å². The molecule has 1 aromatic rings. The van der Waals surface area contributed by atoms with E-state index in [0.717, 1.165) is 5.56 Å². The van der Waals surface area contributed by atoms with Gasteiger partial charge in [-0.05, 0) is 37.1 Å². The zero-order valence-corrected chi connectivity index (χ0v) is 8.50. The molecule has 3 heteroatoms. The van der Waals surface area contributed by atoms with Gasteiger partial charge in [0.05, 0.1) is 13.0 Å². The van der Waals surface area contributed by atoms with Crippen LogP contribution in [0.1, 0.15) is 24.0 Å². The van der Waals surface area contributed by atoms with Gasteiger partial charge in [0.2, 0.25) is 0 Å². The first-order valence-electron chi connectivity index (χ1n) is 4.40. The lowest BCUT2D eigenvalue weighted by Crippen LogP contribution is -2.12. The number of rotatable bonds is 2. The first kappa shape index (κ1) is 10.7. The van der Waals surface area contributed by atoms with Crippen LogP contribution in [-0.4, -0.2) is 13.1 Å². The van der Waals surface area contributed by atoms with Crippen LogP contribution >= 0.6 is 0 Å². The number of halogens is 1. The third-order valence-corrected chi connectivity index (χ3v) is 2.26. The highest BCUT2D eigenvalue weighted by Gasteiger charge is 2.17. The predicted octanol–water partition coefficient (Wildman–Crippen LogP) is 2.41. The molecule has 0 saturated heterocycles. The maximum atomic E-state index is 12.9. The molecule has 0 spiro atoms. The second-order valence-corrected chi connectivity index (χ2v) is 3.25. The molecule has 0 aromatic heterocycles. The van der Waals surface area contributed by atoms with Crippen LogP contribution in [0.3, 0.4) is 0 Å². The third kappa shape index (κ3) is 2.10. The molecule has 0 saturated carbocycles. The molecule has 0 amide bonds. The first-order chi connectivity index (χ1) is 6.56. The highest BCUT2D eigenvalue weighted by atomic mass is 19.1. The molecule has 2 nitrogen and oxygen atoms in total. The molecule has 1 unspecified atom stereocenters. The number of ether oxygens (including phenoxy) is 1. The van der Waals surface area contributed by atoms with Crippen molar-refractivity contribution in [2.45, 2.75) is 19.8 Å². The van der Waals surface area contributed by atoms with Crippen LogP contribution in [0.15, 0.2) is 18.2 Å². The van der Waals surface area contributed by atoms with E-state index in [4.69, 9.17) is 0 Å². The lowest BCUT2D eigenvalue weighted by Gasteiger charge is -2.12. The maximum Gasteiger partial charge on any atom is 0.312 e. The van der Waals surface area contributed by atoms with E-state index < -0.39 is 5.92 Å². The van der Waals surface area contributed by atoms with Crippen molar-refractivity contribution >= 4 is 5.97 Å². The number of carbonyl (C=O) groups excluding carboxylic acids is 1. The minimum absolute atomic E-state index is 0.332. The van der Waals surface area contributed by atoms with E-state index in [2.05, 4.69) is 4.74 Å². The fourth-order valence-corrected chi connectivity index (χ4v) is 1.38. The van der Waals surface area contributed by atoms with Crippen molar-refractivity contribution in [3.05, 3.63) is 35.1 Å². The fraction of sp³-hybridized carbons (Fsp3) is 0.364. The van der Waals surface area contributed by atoms with Gasteiger partial charge in [-0.25, -0.2) is 4.39 Å². The summed E-state index contributed by atoms with van der Waals surface area (Å²) in [7, 11) is 1.33. The summed E-state index contributed by atoms with van der Waals surface area (Å²) in [6.07, 6.45) is 0. The fourth-order valence-electron chi connectivity index (χ4n) is 1.38. The van der Waals surface area contributed by atoms with Crippen LogP contribution in [0.4, 0.5) is 4.39 Å². The number of aryl methyl sites for hydroxylation is 1. The predicted molar refractivity (Wildman–Crippen MR) is 51.6 cm³/mol. The van der Waals surface area contributed by atoms with Gasteiger partial charge in [0.15, 0.2) is 0 Å². The molecule has 76 valence electrons. The number of hydrogen-bond acceptors (Lipinski definition) is 2. The van der Waals surface area contributed by atoms with Crippen LogP contribution in [0.2, 0.25) is 0 Å². The van der Waals surface area contributed by atoms with Gasteiger partial charge in [0, 0.05) is 0 Å². The SMILES string of the molecule is COC(=O)C(C)c1cc(F)ccc1C. The Morgan fingerprint density at radius 3 is 2.71 bits per heavy atom. The number of benzene rings is 1. The highest BCUT2D eigenvalue weighted by molar-refractivity contribution is 5.78. The van der Waals surface area contributed by atoms with Gasteiger partial charge in [-0.1, -0.05) is 6.07 Å².